The third-order valence-corrected chi connectivity index (χ3v) is 5.59. The van der Waals surface area contributed by atoms with E-state index in [0.29, 0.717) is 11.1 Å². The van der Waals surface area contributed by atoms with E-state index >= 15 is 0 Å². The lowest BCUT2D eigenvalue weighted by Crippen LogP contribution is -2.39. The summed E-state index contributed by atoms with van der Waals surface area (Å²) >= 11 is 0. The largest absolute Gasteiger partial charge is 0.325 e. The molecule has 0 radical (unpaired) electrons. The van der Waals surface area contributed by atoms with Gasteiger partial charge < -0.3 is 5.73 Å². The fourth-order valence-corrected chi connectivity index (χ4v) is 4.13. The molecule has 1 fully saturated rings. The summed E-state index contributed by atoms with van der Waals surface area (Å²) in [6.45, 7) is 4.57. The first-order valence-electron chi connectivity index (χ1n) is 7.00. The van der Waals surface area contributed by atoms with Crippen LogP contribution in [0.25, 0.3) is 0 Å². The number of rotatable bonds is 4. The number of sulfonamides is 1. The van der Waals surface area contributed by atoms with Crippen LogP contribution >= 0.6 is 0 Å². The van der Waals surface area contributed by atoms with Crippen LogP contribution in [0, 0.1) is 5.41 Å². The summed E-state index contributed by atoms with van der Waals surface area (Å²) in [5, 5.41) is 0. The lowest BCUT2D eigenvalue weighted by molar-refractivity contribution is 0.218. The van der Waals surface area contributed by atoms with Gasteiger partial charge in [0.2, 0.25) is 10.0 Å². The van der Waals surface area contributed by atoms with Crippen molar-refractivity contribution in [3.8, 4) is 0 Å². The summed E-state index contributed by atoms with van der Waals surface area (Å²) in [5.41, 5.74) is 6.29. The molecule has 1 saturated carbocycles. The van der Waals surface area contributed by atoms with E-state index in [4.69, 9.17) is 5.73 Å². The summed E-state index contributed by atoms with van der Waals surface area (Å²) in [5.74, 6) is 0. The molecule has 1 aromatic heterocycles. The van der Waals surface area contributed by atoms with Crippen LogP contribution in [0.15, 0.2) is 23.2 Å². The molecule has 0 unspecified atom stereocenters. The molecule has 2 rings (SSSR count). The van der Waals surface area contributed by atoms with E-state index in [2.05, 4.69) is 23.6 Å². The van der Waals surface area contributed by atoms with Gasteiger partial charge in [0.25, 0.3) is 0 Å². The number of aromatic nitrogens is 1. The van der Waals surface area contributed by atoms with Gasteiger partial charge in [0, 0.05) is 18.8 Å². The van der Waals surface area contributed by atoms with Crippen LogP contribution in [-0.2, 0) is 16.6 Å². The molecule has 0 spiro atoms. The zero-order valence-electron chi connectivity index (χ0n) is 12.1. The second-order valence-electron chi connectivity index (χ2n) is 6.21. The second-order valence-corrected chi connectivity index (χ2v) is 7.89. The van der Waals surface area contributed by atoms with Gasteiger partial charge in [0.1, 0.15) is 4.90 Å². The first-order valence-corrected chi connectivity index (χ1v) is 8.49. The number of hydrogen-bond acceptors (Lipinski definition) is 4. The van der Waals surface area contributed by atoms with Crippen molar-refractivity contribution in [2.75, 3.05) is 0 Å². The minimum absolute atomic E-state index is 0.0128. The van der Waals surface area contributed by atoms with Crippen molar-refractivity contribution >= 4 is 10.0 Å². The van der Waals surface area contributed by atoms with E-state index in [9.17, 15) is 8.42 Å². The molecule has 0 amide bonds. The van der Waals surface area contributed by atoms with Gasteiger partial charge in [-0.1, -0.05) is 13.8 Å². The Labute approximate surface area is 121 Å². The Morgan fingerprint density at radius 3 is 2.65 bits per heavy atom. The molecule has 0 bridgehead atoms. The number of nitrogens with zero attached hydrogens (tertiary/aromatic N) is 1. The molecule has 20 heavy (non-hydrogen) atoms. The van der Waals surface area contributed by atoms with E-state index < -0.39 is 10.0 Å². The molecule has 3 N–H and O–H groups in total. The Hall–Kier alpha value is -0.980. The molecule has 1 aliphatic rings. The van der Waals surface area contributed by atoms with E-state index in [1.807, 2.05) is 0 Å². The van der Waals surface area contributed by atoms with Crippen molar-refractivity contribution in [2.45, 2.75) is 57.0 Å². The smallest absolute Gasteiger partial charge is 0.242 e. The molecule has 5 nitrogen and oxygen atoms in total. The zero-order valence-corrected chi connectivity index (χ0v) is 12.9. The van der Waals surface area contributed by atoms with Crippen LogP contribution in [0.1, 0.15) is 45.2 Å². The normalized spacial score (nSPS) is 19.9. The highest BCUT2D eigenvalue weighted by Crippen LogP contribution is 2.35. The van der Waals surface area contributed by atoms with Crippen molar-refractivity contribution < 1.29 is 8.42 Å². The van der Waals surface area contributed by atoms with Gasteiger partial charge in [-0.25, -0.2) is 13.1 Å². The van der Waals surface area contributed by atoms with Crippen LogP contribution in [0.3, 0.4) is 0 Å². The Morgan fingerprint density at radius 1 is 1.40 bits per heavy atom. The van der Waals surface area contributed by atoms with Crippen molar-refractivity contribution in [1.82, 2.24) is 9.71 Å². The quantitative estimate of drug-likeness (QED) is 0.887. The van der Waals surface area contributed by atoms with Crippen molar-refractivity contribution in [3.05, 3.63) is 24.0 Å². The summed E-state index contributed by atoms with van der Waals surface area (Å²) in [6, 6.07) is 3.20. The third-order valence-electron chi connectivity index (χ3n) is 3.99. The van der Waals surface area contributed by atoms with Crippen LogP contribution in [-0.4, -0.2) is 19.4 Å². The van der Waals surface area contributed by atoms with E-state index in [0.717, 1.165) is 25.7 Å². The predicted octanol–water partition coefficient (Wildman–Crippen LogP) is 1.79. The summed E-state index contributed by atoms with van der Waals surface area (Å²) in [6.07, 6.45) is 5.40. The minimum Gasteiger partial charge on any atom is -0.325 e. The molecule has 1 aromatic rings. The van der Waals surface area contributed by atoms with E-state index in [1.54, 1.807) is 18.3 Å². The predicted molar refractivity (Wildman–Crippen MR) is 78.5 cm³/mol. The van der Waals surface area contributed by atoms with E-state index in [1.165, 1.54) is 0 Å². The number of hydrogen-bond donors (Lipinski definition) is 2. The van der Waals surface area contributed by atoms with Gasteiger partial charge in [-0.15, -0.1) is 0 Å². The molecule has 1 aliphatic carbocycles. The molecule has 6 heteroatoms. The first kappa shape index (κ1) is 15.4. The second kappa shape index (κ2) is 5.79. The van der Waals surface area contributed by atoms with Crippen LogP contribution in [0.5, 0.6) is 0 Å². The minimum atomic E-state index is -3.53. The molecule has 0 atom stereocenters. The van der Waals surface area contributed by atoms with Gasteiger partial charge in [0.15, 0.2) is 0 Å². The van der Waals surface area contributed by atoms with Gasteiger partial charge in [-0.2, -0.15) is 0 Å². The standard InChI is InChI=1S/C14H23N3O2S/c1-14(2)7-5-11(6-8-14)17-20(18,19)13-4-3-9-16-12(13)10-15/h3-4,9,11,17H,5-8,10,15H2,1-2H3. The Balaban J connectivity index is 2.12. The maximum Gasteiger partial charge on any atom is 0.242 e. The highest BCUT2D eigenvalue weighted by molar-refractivity contribution is 7.89. The number of nitrogens with one attached hydrogen (secondary N) is 1. The molecule has 0 saturated heterocycles. The molecular weight excluding hydrogens is 274 g/mol. The first-order chi connectivity index (χ1) is 9.34. The van der Waals surface area contributed by atoms with Crippen molar-refractivity contribution in [1.29, 1.82) is 0 Å². The lowest BCUT2D eigenvalue weighted by Gasteiger charge is -2.34. The van der Waals surface area contributed by atoms with E-state index in [-0.39, 0.29) is 17.5 Å². The number of nitrogens with two attached hydrogens (primary N) is 1. The van der Waals surface area contributed by atoms with Crippen LogP contribution in [0.4, 0.5) is 0 Å². The van der Waals surface area contributed by atoms with Gasteiger partial charge >= 0.3 is 0 Å². The maximum atomic E-state index is 12.4. The molecule has 112 valence electrons. The maximum absolute atomic E-state index is 12.4. The fourth-order valence-electron chi connectivity index (χ4n) is 2.62. The van der Waals surface area contributed by atoms with Crippen LogP contribution in [0.2, 0.25) is 0 Å². The Morgan fingerprint density at radius 2 is 2.05 bits per heavy atom. The highest BCUT2D eigenvalue weighted by atomic mass is 32.2. The SMILES string of the molecule is CC1(C)CCC(NS(=O)(=O)c2cccnc2CN)CC1. The summed E-state index contributed by atoms with van der Waals surface area (Å²) < 4.78 is 27.7. The zero-order chi connectivity index (χ0) is 14.8. The molecular formula is C14H23N3O2S. The van der Waals surface area contributed by atoms with Gasteiger partial charge in [-0.05, 0) is 43.2 Å². The monoisotopic (exact) mass is 297 g/mol. The Bertz CT molecular complexity index is 560. The van der Waals surface area contributed by atoms with Crippen molar-refractivity contribution in [2.24, 2.45) is 11.1 Å². The molecule has 0 aliphatic heterocycles. The summed E-state index contributed by atoms with van der Waals surface area (Å²) in [4.78, 5) is 4.24. The highest BCUT2D eigenvalue weighted by Gasteiger charge is 2.30. The van der Waals surface area contributed by atoms with Gasteiger partial charge in [-0.3, -0.25) is 4.98 Å². The lowest BCUT2D eigenvalue weighted by atomic mass is 9.76. The average Bonchev–Trinajstić information content (AvgIpc) is 2.41. The third kappa shape index (κ3) is 3.56. The Kier molecular flexibility index (Phi) is 4.46. The summed E-state index contributed by atoms with van der Waals surface area (Å²) in [7, 11) is -3.53. The molecule has 1 heterocycles. The molecule has 0 aromatic carbocycles. The topological polar surface area (TPSA) is 85.1 Å². The number of pyridine rings is 1. The van der Waals surface area contributed by atoms with Crippen molar-refractivity contribution in [3.63, 3.8) is 0 Å². The van der Waals surface area contributed by atoms with Crippen LogP contribution < -0.4 is 10.5 Å². The van der Waals surface area contributed by atoms with Gasteiger partial charge in [0.05, 0.1) is 5.69 Å². The fraction of sp³-hybridized carbons (Fsp3) is 0.643. The average molecular weight is 297 g/mol.